The van der Waals surface area contributed by atoms with Crippen molar-refractivity contribution in [1.29, 1.82) is 0 Å². The van der Waals surface area contributed by atoms with Crippen LogP contribution in [0, 0.1) is 5.77 Å². The van der Waals surface area contributed by atoms with Crippen LogP contribution in [-0.2, 0) is 12.8 Å². The van der Waals surface area contributed by atoms with Gasteiger partial charge in [0.15, 0.2) is 0 Å². The Morgan fingerprint density at radius 3 is 1.68 bits per heavy atom. The summed E-state index contributed by atoms with van der Waals surface area (Å²) in [5.41, 5.74) is 0. The van der Waals surface area contributed by atoms with E-state index in [0.717, 1.165) is 0 Å². The Labute approximate surface area is 135 Å². The van der Waals surface area contributed by atoms with Crippen molar-refractivity contribution in [2.24, 2.45) is 0 Å². The standard InChI is InChI=1S/C16H22IS2/c1-3-5-7-13-9-11-15(18-13)17-16-12-10-14(19-16)8-6-4-2/h9-12H,3-8H2,1-2H3/q+1. The Kier molecular flexibility index (Phi) is 6.88. The van der Waals surface area contributed by atoms with Crippen LogP contribution in [0.2, 0.25) is 0 Å². The van der Waals surface area contributed by atoms with Gasteiger partial charge in [0.2, 0.25) is 5.77 Å². The normalized spacial score (nSPS) is 11.1. The molecule has 0 saturated carbocycles. The van der Waals surface area contributed by atoms with Crippen LogP contribution in [0.25, 0.3) is 0 Å². The quantitative estimate of drug-likeness (QED) is 0.593. The number of halogens is 1. The zero-order chi connectivity index (χ0) is 13.5. The van der Waals surface area contributed by atoms with Crippen LogP contribution in [0.3, 0.4) is 0 Å². The van der Waals surface area contributed by atoms with Gasteiger partial charge in [0.1, 0.15) is 0 Å². The van der Waals surface area contributed by atoms with E-state index in [-0.39, 0.29) is 21.2 Å². The zero-order valence-electron chi connectivity index (χ0n) is 11.7. The summed E-state index contributed by atoms with van der Waals surface area (Å²) in [6.45, 7) is 4.54. The largest absolute Gasteiger partial charge is 0.381 e. The maximum Gasteiger partial charge on any atom is 0.381 e. The lowest BCUT2D eigenvalue weighted by Crippen LogP contribution is -3.61. The topological polar surface area (TPSA) is 0 Å². The summed E-state index contributed by atoms with van der Waals surface area (Å²) in [5, 5.41) is 0. The number of hydrogen-bond donors (Lipinski definition) is 0. The van der Waals surface area contributed by atoms with Crippen molar-refractivity contribution in [2.45, 2.75) is 52.4 Å². The molecule has 0 aliphatic carbocycles. The van der Waals surface area contributed by atoms with Gasteiger partial charge in [-0.3, -0.25) is 0 Å². The van der Waals surface area contributed by atoms with Crippen molar-refractivity contribution in [2.75, 3.05) is 0 Å². The molecule has 0 radical (unpaired) electrons. The van der Waals surface area contributed by atoms with Crippen LogP contribution in [0.1, 0.15) is 49.3 Å². The highest BCUT2D eigenvalue weighted by Crippen LogP contribution is 2.14. The van der Waals surface area contributed by atoms with Crippen LogP contribution in [0.4, 0.5) is 0 Å². The van der Waals surface area contributed by atoms with Crippen LogP contribution < -0.4 is 21.2 Å². The number of rotatable bonds is 8. The van der Waals surface area contributed by atoms with E-state index in [4.69, 9.17) is 0 Å². The SMILES string of the molecule is CCCCc1ccc([I+]c2ccc(CCCC)s2)s1. The summed E-state index contributed by atoms with van der Waals surface area (Å²) in [4.78, 5) is 3.17. The fourth-order valence-electron chi connectivity index (χ4n) is 1.87. The lowest BCUT2D eigenvalue weighted by molar-refractivity contribution is -0.585. The van der Waals surface area contributed by atoms with Crippen molar-refractivity contribution >= 4 is 22.7 Å². The molecule has 0 nitrogen and oxygen atoms in total. The molecule has 0 atom stereocenters. The minimum atomic E-state index is 0.0756. The van der Waals surface area contributed by atoms with Crippen molar-refractivity contribution in [1.82, 2.24) is 0 Å². The van der Waals surface area contributed by atoms with Gasteiger partial charge in [0.25, 0.3) is 0 Å². The third-order valence-electron chi connectivity index (χ3n) is 3.00. The highest BCUT2D eigenvalue weighted by Gasteiger charge is 2.20. The molecule has 2 aromatic heterocycles. The number of hydrogen-bond acceptors (Lipinski definition) is 2. The molecule has 0 bridgehead atoms. The fourth-order valence-corrected chi connectivity index (χ4v) is 8.53. The van der Waals surface area contributed by atoms with Crippen molar-refractivity contribution in [3.05, 3.63) is 39.8 Å². The van der Waals surface area contributed by atoms with E-state index in [0.29, 0.717) is 0 Å². The average molecular weight is 405 g/mol. The van der Waals surface area contributed by atoms with Gasteiger partial charge in [-0.05, 0) is 37.8 Å². The van der Waals surface area contributed by atoms with E-state index in [1.165, 1.54) is 38.5 Å². The molecule has 0 aliphatic rings. The molecule has 0 fully saturated rings. The van der Waals surface area contributed by atoms with Gasteiger partial charge in [0.05, 0.1) is 0 Å². The minimum absolute atomic E-state index is 0.0756. The van der Waals surface area contributed by atoms with E-state index in [1.54, 1.807) is 15.5 Å². The lowest BCUT2D eigenvalue weighted by Gasteiger charge is -1.90. The number of unbranched alkanes of at least 4 members (excludes halogenated alkanes) is 2. The van der Waals surface area contributed by atoms with Crippen molar-refractivity contribution < 1.29 is 21.2 Å². The Morgan fingerprint density at radius 2 is 1.26 bits per heavy atom. The van der Waals surface area contributed by atoms with Gasteiger partial charge in [-0.25, -0.2) is 0 Å². The highest BCUT2D eigenvalue weighted by atomic mass is 127. The maximum absolute atomic E-state index is 2.37. The molecular weight excluding hydrogens is 383 g/mol. The Balaban J connectivity index is 1.89. The molecule has 0 aromatic carbocycles. The molecule has 2 aromatic rings. The van der Waals surface area contributed by atoms with Crippen LogP contribution in [0.5, 0.6) is 0 Å². The van der Waals surface area contributed by atoms with Gasteiger partial charge in [0, 0.05) is 21.9 Å². The molecular formula is C16H22IS2+. The Hall–Kier alpha value is 0.130. The predicted molar refractivity (Wildman–Crippen MR) is 83.3 cm³/mol. The van der Waals surface area contributed by atoms with Gasteiger partial charge in [-0.1, -0.05) is 49.4 Å². The summed E-state index contributed by atoms with van der Waals surface area (Å²) < 4.78 is 3.27. The molecule has 0 amide bonds. The molecule has 0 saturated heterocycles. The molecule has 104 valence electrons. The summed E-state index contributed by atoms with van der Waals surface area (Å²) >= 11 is 4.18. The summed E-state index contributed by atoms with van der Waals surface area (Å²) in [6, 6.07) is 9.44. The molecule has 0 aliphatic heterocycles. The summed E-state index contributed by atoms with van der Waals surface area (Å²) in [7, 11) is 0. The van der Waals surface area contributed by atoms with E-state index in [2.05, 4.69) is 60.8 Å². The lowest BCUT2D eigenvalue weighted by atomic mass is 10.2. The van der Waals surface area contributed by atoms with Gasteiger partial charge < -0.3 is 0 Å². The van der Waals surface area contributed by atoms with Gasteiger partial charge in [-0.2, -0.15) is 0 Å². The van der Waals surface area contributed by atoms with E-state index in [1.807, 2.05) is 0 Å². The minimum Gasteiger partial charge on any atom is -0.0927 e. The van der Waals surface area contributed by atoms with Crippen LogP contribution in [0.15, 0.2) is 24.3 Å². The third kappa shape index (κ3) is 5.20. The zero-order valence-corrected chi connectivity index (χ0v) is 15.5. The maximum atomic E-state index is 2.37. The number of aryl methyl sites for hydroxylation is 2. The Bertz CT molecular complexity index is 440. The molecule has 3 heteroatoms. The van der Waals surface area contributed by atoms with Gasteiger partial charge >= 0.3 is 21.2 Å². The first kappa shape index (κ1) is 15.5. The molecule has 2 heterocycles. The van der Waals surface area contributed by atoms with E-state index in [9.17, 15) is 0 Å². The van der Waals surface area contributed by atoms with Crippen LogP contribution in [-0.4, -0.2) is 0 Å². The second kappa shape index (κ2) is 8.42. The van der Waals surface area contributed by atoms with Gasteiger partial charge in [-0.15, -0.1) is 0 Å². The summed E-state index contributed by atoms with van der Waals surface area (Å²) in [6.07, 6.45) is 7.81. The molecule has 19 heavy (non-hydrogen) atoms. The van der Waals surface area contributed by atoms with Crippen LogP contribution >= 0.6 is 22.7 Å². The molecule has 0 unspecified atom stereocenters. The van der Waals surface area contributed by atoms with E-state index >= 15 is 0 Å². The molecule has 0 N–H and O–H groups in total. The smallest absolute Gasteiger partial charge is 0.0927 e. The second-order valence-corrected chi connectivity index (χ2v) is 11.4. The first-order chi connectivity index (χ1) is 9.31. The average Bonchev–Trinajstić information content (AvgIpc) is 3.04. The van der Waals surface area contributed by atoms with Crippen molar-refractivity contribution in [3.63, 3.8) is 0 Å². The second-order valence-electron chi connectivity index (χ2n) is 4.71. The third-order valence-corrected chi connectivity index (χ3v) is 9.00. The first-order valence-electron chi connectivity index (χ1n) is 7.14. The predicted octanol–water partition coefficient (Wildman–Crippen LogP) is 2.62. The highest BCUT2D eigenvalue weighted by molar-refractivity contribution is 7.10. The first-order valence-corrected chi connectivity index (χ1v) is 10.9. The monoisotopic (exact) mass is 405 g/mol. The van der Waals surface area contributed by atoms with E-state index < -0.39 is 0 Å². The molecule has 2 rings (SSSR count). The van der Waals surface area contributed by atoms with Crippen molar-refractivity contribution in [3.8, 4) is 0 Å². The fraction of sp³-hybridized carbons (Fsp3) is 0.500. The number of thiophene rings is 2. The Morgan fingerprint density at radius 1 is 0.789 bits per heavy atom. The molecule has 0 spiro atoms. The summed E-state index contributed by atoms with van der Waals surface area (Å²) in [5.74, 6) is 0.